The van der Waals surface area contributed by atoms with E-state index in [1.807, 2.05) is 18.2 Å². The smallest absolute Gasteiger partial charge is 0.408 e. The van der Waals surface area contributed by atoms with Crippen LogP contribution in [-0.4, -0.2) is 14.5 Å². The highest BCUT2D eigenvalue weighted by Crippen LogP contribution is 2.12. The van der Waals surface area contributed by atoms with Gasteiger partial charge in [-0.1, -0.05) is 12.1 Å². The van der Waals surface area contributed by atoms with Crippen molar-refractivity contribution in [2.75, 3.05) is 5.73 Å². The molecule has 0 amide bonds. The summed E-state index contributed by atoms with van der Waals surface area (Å²) in [5, 5.41) is 0. The normalized spacial score (nSPS) is 10.9. The Morgan fingerprint density at radius 1 is 1.22 bits per heavy atom. The largest absolute Gasteiger partial charge is 0.420 e. The maximum absolute atomic E-state index is 11.7. The van der Waals surface area contributed by atoms with Crippen LogP contribution in [-0.2, 0) is 6.54 Å². The van der Waals surface area contributed by atoms with Gasteiger partial charge in [0.25, 0.3) is 0 Å². The minimum atomic E-state index is -0.408. The highest BCUT2D eigenvalue weighted by atomic mass is 16.4. The van der Waals surface area contributed by atoms with E-state index in [9.17, 15) is 4.79 Å². The second kappa shape index (κ2) is 3.99. The van der Waals surface area contributed by atoms with Gasteiger partial charge in [0.2, 0.25) is 0 Å². The molecule has 0 saturated heterocycles. The molecule has 2 aromatic heterocycles. The minimum Gasteiger partial charge on any atom is -0.408 e. The van der Waals surface area contributed by atoms with E-state index in [4.69, 9.17) is 10.2 Å². The van der Waals surface area contributed by atoms with Crippen LogP contribution in [0.1, 0.15) is 5.69 Å². The minimum absolute atomic E-state index is 0.309. The first-order chi connectivity index (χ1) is 8.74. The number of hydrogen-bond acceptors (Lipinski definition) is 5. The summed E-state index contributed by atoms with van der Waals surface area (Å²) >= 11 is 0. The Bertz CT molecular complexity index is 743. The first kappa shape index (κ1) is 10.5. The average Bonchev–Trinajstić information content (AvgIpc) is 2.69. The van der Waals surface area contributed by atoms with Crippen LogP contribution >= 0.6 is 0 Å². The third-order valence-electron chi connectivity index (χ3n) is 2.62. The molecular formula is C12H10N4O2. The Kier molecular flexibility index (Phi) is 2.33. The van der Waals surface area contributed by atoms with Gasteiger partial charge in [0.1, 0.15) is 5.82 Å². The molecule has 6 heteroatoms. The molecule has 0 bridgehead atoms. The highest BCUT2D eigenvalue weighted by Gasteiger charge is 2.09. The van der Waals surface area contributed by atoms with Gasteiger partial charge in [-0.15, -0.1) is 0 Å². The van der Waals surface area contributed by atoms with Crippen LogP contribution in [0.15, 0.2) is 45.9 Å². The summed E-state index contributed by atoms with van der Waals surface area (Å²) in [7, 11) is 0. The maximum Gasteiger partial charge on any atom is 0.420 e. The van der Waals surface area contributed by atoms with Crippen molar-refractivity contribution in [2.24, 2.45) is 0 Å². The van der Waals surface area contributed by atoms with Crippen LogP contribution in [0.4, 0.5) is 5.82 Å². The van der Waals surface area contributed by atoms with Gasteiger partial charge in [-0.25, -0.2) is 9.78 Å². The maximum atomic E-state index is 11.7. The van der Waals surface area contributed by atoms with Gasteiger partial charge in [-0.2, -0.15) is 0 Å². The van der Waals surface area contributed by atoms with Crippen LogP contribution in [0.25, 0.3) is 11.1 Å². The summed E-state index contributed by atoms with van der Waals surface area (Å²) in [4.78, 5) is 19.8. The third-order valence-corrected chi connectivity index (χ3v) is 2.62. The van der Waals surface area contributed by atoms with Crippen LogP contribution in [0.2, 0.25) is 0 Å². The number of fused-ring (bicyclic) bond motifs is 1. The SMILES string of the molecule is Nc1cnc(Cn2c(=O)oc3ccccc32)cn1. The van der Waals surface area contributed by atoms with E-state index < -0.39 is 5.76 Å². The number of nitrogens with zero attached hydrogens (tertiary/aromatic N) is 3. The van der Waals surface area contributed by atoms with Gasteiger partial charge < -0.3 is 10.2 Å². The zero-order valence-corrected chi connectivity index (χ0v) is 9.41. The van der Waals surface area contributed by atoms with E-state index in [1.165, 1.54) is 10.8 Å². The van der Waals surface area contributed by atoms with Crippen molar-refractivity contribution in [3.63, 3.8) is 0 Å². The fourth-order valence-electron chi connectivity index (χ4n) is 1.77. The van der Waals surface area contributed by atoms with Gasteiger partial charge in [-0.3, -0.25) is 9.55 Å². The van der Waals surface area contributed by atoms with Crippen molar-refractivity contribution in [3.8, 4) is 0 Å². The molecule has 3 rings (SSSR count). The molecule has 0 radical (unpaired) electrons. The molecule has 0 saturated carbocycles. The van der Waals surface area contributed by atoms with Crippen molar-refractivity contribution in [2.45, 2.75) is 6.54 Å². The molecule has 3 aromatic rings. The molecule has 2 heterocycles. The van der Waals surface area contributed by atoms with Crippen molar-refractivity contribution in [1.82, 2.24) is 14.5 Å². The lowest BCUT2D eigenvalue weighted by atomic mass is 10.3. The summed E-state index contributed by atoms with van der Waals surface area (Å²) in [5.41, 5.74) is 7.41. The quantitative estimate of drug-likeness (QED) is 0.724. The number of rotatable bonds is 2. The fraction of sp³-hybridized carbons (Fsp3) is 0.0833. The molecule has 0 fully saturated rings. The summed E-state index contributed by atoms with van der Waals surface area (Å²) < 4.78 is 6.64. The first-order valence-electron chi connectivity index (χ1n) is 5.39. The van der Waals surface area contributed by atoms with Crippen molar-refractivity contribution < 1.29 is 4.42 Å². The van der Waals surface area contributed by atoms with Gasteiger partial charge >= 0.3 is 5.76 Å². The second-order valence-corrected chi connectivity index (χ2v) is 3.85. The van der Waals surface area contributed by atoms with Gasteiger partial charge in [-0.05, 0) is 12.1 Å². The number of nitrogens with two attached hydrogens (primary N) is 1. The second-order valence-electron chi connectivity index (χ2n) is 3.85. The Balaban J connectivity index is 2.07. The molecule has 6 nitrogen and oxygen atoms in total. The molecule has 0 aliphatic rings. The first-order valence-corrected chi connectivity index (χ1v) is 5.39. The Hall–Kier alpha value is -2.63. The Morgan fingerprint density at radius 2 is 2.06 bits per heavy atom. The molecular weight excluding hydrogens is 232 g/mol. The zero-order chi connectivity index (χ0) is 12.5. The van der Waals surface area contributed by atoms with Gasteiger partial charge in [0.05, 0.1) is 30.1 Å². The summed E-state index contributed by atoms with van der Waals surface area (Å²) in [6, 6.07) is 7.24. The molecule has 0 unspecified atom stereocenters. The van der Waals surface area contributed by atoms with E-state index in [0.29, 0.717) is 23.6 Å². The van der Waals surface area contributed by atoms with E-state index in [0.717, 1.165) is 5.52 Å². The molecule has 0 aliphatic carbocycles. The fourth-order valence-corrected chi connectivity index (χ4v) is 1.77. The average molecular weight is 242 g/mol. The summed E-state index contributed by atoms with van der Waals surface area (Å²) in [6.07, 6.45) is 3.01. The third kappa shape index (κ3) is 1.73. The molecule has 1 aromatic carbocycles. The van der Waals surface area contributed by atoms with Crippen molar-refractivity contribution >= 4 is 16.9 Å². The number of aromatic nitrogens is 3. The Morgan fingerprint density at radius 3 is 2.83 bits per heavy atom. The number of para-hydroxylation sites is 2. The predicted molar refractivity (Wildman–Crippen MR) is 66.0 cm³/mol. The molecule has 2 N–H and O–H groups in total. The monoisotopic (exact) mass is 242 g/mol. The van der Waals surface area contributed by atoms with E-state index in [2.05, 4.69) is 9.97 Å². The number of hydrogen-bond donors (Lipinski definition) is 1. The Labute approximate surface area is 102 Å². The van der Waals surface area contributed by atoms with Crippen molar-refractivity contribution in [1.29, 1.82) is 0 Å². The van der Waals surface area contributed by atoms with Crippen LogP contribution in [0.5, 0.6) is 0 Å². The number of benzene rings is 1. The van der Waals surface area contributed by atoms with Crippen molar-refractivity contribution in [3.05, 3.63) is 52.9 Å². The van der Waals surface area contributed by atoms with Crippen LogP contribution in [0.3, 0.4) is 0 Å². The molecule has 0 aliphatic heterocycles. The standard InChI is InChI=1S/C12H10N4O2/c13-11-6-14-8(5-15-11)7-16-9-3-1-2-4-10(9)18-12(16)17/h1-6H,7H2,(H2,13,15). The lowest BCUT2D eigenvalue weighted by molar-refractivity contribution is 0.516. The lowest BCUT2D eigenvalue weighted by Crippen LogP contribution is -2.15. The molecule has 90 valence electrons. The number of anilines is 1. The number of nitrogen functional groups attached to an aromatic ring is 1. The van der Waals surface area contributed by atoms with Gasteiger partial charge in [0.15, 0.2) is 5.58 Å². The molecule has 0 spiro atoms. The van der Waals surface area contributed by atoms with Crippen LogP contribution < -0.4 is 11.5 Å². The predicted octanol–water partition coefficient (Wildman–Crippen LogP) is 1.01. The molecule has 18 heavy (non-hydrogen) atoms. The van der Waals surface area contributed by atoms with E-state index >= 15 is 0 Å². The summed E-state index contributed by atoms with van der Waals surface area (Å²) in [6.45, 7) is 0.309. The van der Waals surface area contributed by atoms with Gasteiger partial charge in [0, 0.05) is 0 Å². The topological polar surface area (TPSA) is 86.9 Å². The molecule has 0 atom stereocenters. The van der Waals surface area contributed by atoms with E-state index in [-0.39, 0.29) is 0 Å². The zero-order valence-electron chi connectivity index (χ0n) is 9.41. The summed E-state index contributed by atoms with van der Waals surface area (Å²) in [5.74, 6) is -0.0574. The van der Waals surface area contributed by atoms with Crippen LogP contribution in [0, 0.1) is 0 Å². The number of oxazole rings is 1. The van der Waals surface area contributed by atoms with E-state index in [1.54, 1.807) is 12.3 Å². The lowest BCUT2D eigenvalue weighted by Gasteiger charge is -2.01. The highest BCUT2D eigenvalue weighted by molar-refractivity contribution is 5.72.